The van der Waals surface area contributed by atoms with Crippen LogP contribution in [0.4, 0.5) is 11.5 Å². The first-order chi connectivity index (χ1) is 18.7. The Hall–Kier alpha value is -4.92. The third kappa shape index (κ3) is 4.61. The van der Waals surface area contributed by atoms with Crippen LogP contribution in [-0.4, -0.2) is 30.7 Å². The van der Waals surface area contributed by atoms with Crippen LogP contribution in [0.1, 0.15) is 42.9 Å². The number of carbonyl (C=O) groups is 1. The zero-order chi connectivity index (χ0) is 25.9. The summed E-state index contributed by atoms with van der Waals surface area (Å²) in [5.74, 6) is 1.93. The maximum Gasteiger partial charge on any atom is 0.248 e. The molecule has 190 valence electrons. The molecule has 0 aliphatic heterocycles. The molecule has 0 saturated heterocycles. The summed E-state index contributed by atoms with van der Waals surface area (Å²) in [6.45, 7) is 0. The highest BCUT2D eigenvalue weighted by atomic mass is 16.5. The van der Waals surface area contributed by atoms with Gasteiger partial charge in [0.1, 0.15) is 23.3 Å². The Labute approximate surface area is 219 Å². The Kier molecular flexibility index (Phi) is 6.31. The van der Waals surface area contributed by atoms with Gasteiger partial charge in [-0.25, -0.2) is 9.50 Å². The van der Waals surface area contributed by atoms with Crippen molar-refractivity contribution in [1.82, 2.24) is 24.8 Å². The maximum absolute atomic E-state index is 12.7. The number of hydrogen-bond acceptors (Lipinski definition) is 6. The van der Waals surface area contributed by atoms with Crippen LogP contribution in [0.5, 0.6) is 11.5 Å². The lowest BCUT2D eigenvalue weighted by Gasteiger charge is -2.11. The molecule has 0 unspecified atom stereocenters. The lowest BCUT2D eigenvalue weighted by atomic mass is 9.94. The van der Waals surface area contributed by atoms with Crippen LogP contribution in [-0.2, 0) is 4.79 Å². The molecule has 2 aromatic carbocycles. The van der Waals surface area contributed by atoms with Crippen molar-refractivity contribution >= 4 is 29.0 Å². The van der Waals surface area contributed by atoms with Crippen LogP contribution in [0.15, 0.2) is 79.4 Å². The Morgan fingerprint density at radius 3 is 2.58 bits per heavy atom. The van der Waals surface area contributed by atoms with Crippen LogP contribution in [0.25, 0.3) is 22.7 Å². The fourth-order valence-electron chi connectivity index (χ4n) is 5.18. The average molecular weight is 506 g/mol. The topological polar surface area (TPSA) is 123 Å². The minimum atomic E-state index is -0.254. The van der Waals surface area contributed by atoms with E-state index in [-0.39, 0.29) is 5.91 Å². The number of para-hydroxylation sites is 1. The number of fused-ring (bicyclic) bond motifs is 1. The molecule has 1 saturated carbocycles. The summed E-state index contributed by atoms with van der Waals surface area (Å²) in [5, 5.41) is 14.0. The van der Waals surface area contributed by atoms with E-state index in [2.05, 4.69) is 25.6 Å². The summed E-state index contributed by atoms with van der Waals surface area (Å²) >= 11 is 0. The van der Waals surface area contributed by atoms with Crippen molar-refractivity contribution in [2.45, 2.75) is 31.6 Å². The van der Waals surface area contributed by atoms with Gasteiger partial charge in [-0.15, -0.1) is 0 Å². The number of ether oxygens (including phenoxy) is 1. The van der Waals surface area contributed by atoms with Gasteiger partial charge in [0.05, 0.1) is 17.6 Å². The van der Waals surface area contributed by atoms with E-state index in [1.807, 2.05) is 65.2 Å². The van der Waals surface area contributed by atoms with E-state index in [4.69, 9.17) is 10.5 Å². The molecule has 38 heavy (non-hydrogen) atoms. The fraction of sp³-hybridized carbons (Fsp3) is 0.172. The molecular formula is C29H27N7O2. The first kappa shape index (κ1) is 23.5. The zero-order valence-corrected chi connectivity index (χ0v) is 20.7. The van der Waals surface area contributed by atoms with Crippen LogP contribution >= 0.6 is 0 Å². The van der Waals surface area contributed by atoms with Crippen molar-refractivity contribution in [1.29, 1.82) is 0 Å². The summed E-state index contributed by atoms with van der Waals surface area (Å²) < 4.78 is 7.91. The second-order valence-corrected chi connectivity index (χ2v) is 9.31. The number of nitrogen functional groups attached to an aromatic ring is 1. The lowest BCUT2D eigenvalue weighted by Crippen LogP contribution is -2.07. The molecule has 9 heteroatoms. The highest BCUT2D eigenvalue weighted by Crippen LogP contribution is 2.44. The molecule has 0 atom stereocenters. The Bertz CT molecular complexity index is 1580. The molecule has 3 heterocycles. The largest absolute Gasteiger partial charge is 0.457 e. The van der Waals surface area contributed by atoms with Gasteiger partial charge in [-0.1, -0.05) is 43.2 Å². The molecule has 6 rings (SSSR count). The summed E-state index contributed by atoms with van der Waals surface area (Å²) in [7, 11) is 0. The number of nitrogens with zero attached hydrogens (tertiary/aromatic N) is 4. The number of amides is 1. The minimum Gasteiger partial charge on any atom is -0.457 e. The minimum absolute atomic E-state index is 0.254. The molecule has 1 aliphatic carbocycles. The summed E-state index contributed by atoms with van der Waals surface area (Å²) in [6.07, 6.45) is 12.5. The molecule has 1 aliphatic rings. The van der Waals surface area contributed by atoms with E-state index in [0.29, 0.717) is 17.4 Å². The monoisotopic (exact) mass is 505 g/mol. The SMILES string of the molecule is Nc1ncnn2c(C3CCCC3)c(/C=C/C(=O)Nc3cn[nH]c3)c(-c3ccc(Oc4ccccc4)cc3)c12. The first-order valence-electron chi connectivity index (χ1n) is 12.6. The number of carbonyl (C=O) groups excluding carboxylic acids is 1. The van der Waals surface area contributed by atoms with Crippen LogP contribution in [0.3, 0.4) is 0 Å². The molecule has 4 N–H and O–H groups in total. The third-order valence-corrected chi connectivity index (χ3v) is 6.86. The smallest absolute Gasteiger partial charge is 0.248 e. The molecule has 0 radical (unpaired) electrons. The highest BCUT2D eigenvalue weighted by molar-refractivity contribution is 6.04. The van der Waals surface area contributed by atoms with Gasteiger partial charge in [0, 0.05) is 29.3 Å². The van der Waals surface area contributed by atoms with E-state index in [1.165, 1.54) is 6.33 Å². The number of hydrogen-bond donors (Lipinski definition) is 3. The van der Waals surface area contributed by atoms with Crippen molar-refractivity contribution in [3.05, 3.63) is 90.7 Å². The predicted octanol–water partition coefficient (Wildman–Crippen LogP) is 5.80. The normalized spacial score (nSPS) is 13.9. The van der Waals surface area contributed by atoms with Crippen LogP contribution in [0.2, 0.25) is 0 Å². The van der Waals surface area contributed by atoms with E-state index >= 15 is 0 Å². The number of rotatable bonds is 7. The average Bonchev–Trinajstić information content (AvgIpc) is 3.70. The maximum atomic E-state index is 12.7. The summed E-state index contributed by atoms with van der Waals surface area (Å²) in [6, 6.07) is 17.5. The van der Waals surface area contributed by atoms with Crippen molar-refractivity contribution in [3.63, 3.8) is 0 Å². The number of aromatic amines is 1. The molecule has 0 spiro atoms. The van der Waals surface area contributed by atoms with Gasteiger partial charge < -0.3 is 15.8 Å². The predicted molar refractivity (Wildman–Crippen MR) is 147 cm³/mol. The molecule has 1 fully saturated rings. The molecule has 0 bridgehead atoms. The van der Waals surface area contributed by atoms with Crippen molar-refractivity contribution < 1.29 is 9.53 Å². The van der Waals surface area contributed by atoms with Gasteiger partial charge in [0.15, 0.2) is 5.82 Å². The van der Waals surface area contributed by atoms with Gasteiger partial charge in [0.2, 0.25) is 5.91 Å². The molecule has 1 amide bonds. The number of H-pyrrole nitrogens is 1. The van der Waals surface area contributed by atoms with E-state index in [1.54, 1.807) is 18.5 Å². The van der Waals surface area contributed by atoms with Crippen LogP contribution in [0, 0.1) is 0 Å². The second-order valence-electron chi connectivity index (χ2n) is 9.31. The van der Waals surface area contributed by atoms with Crippen molar-refractivity contribution in [2.24, 2.45) is 0 Å². The van der Waals surface area contributed by atoms with Crippen molar-refractivity contribution in [3.8, 4) is 22.6 Å². The van der Waals surface area contributed by atoms with Gasteiger partial charge in [-0.2, -0.15) is 10.2 Å². The number of anilines is 2. The molecular weight excluding hydrogens is 478 g/mol. The number of aromatic nitrogens is 5. The zero-order valence-electron chi connectivity index (χ0n) is 20.7. The van der Waals surface area contributed by atoms with Gasteiger partial charge >= 0.3 is 0 Å². The van der Waals surface area contributed by atoms with Gasteiger partial charge in [-0.05, 0) is 48.7 Å². The molecule has 9 nitrogen and oxygen atoms in total. The lowest BCUT2D eigenvalue weighted by molar-refractivity contribution is -0.111. The Morgan fingerprint density at radius 2 is 1.84 bits per heavy atom. The number of nitrogens with two attached hydrogens (primary N) is 1. The van der Waals surface area contributed by atoms with E-state index < -0.39 is 0 Å². The number of nitrogens with one attached hydrogen (secondary N) is 2. The fourth-order valence-corrected chi connectivity index (χ4v) is 5.18. The molecule has 3 aromatic heterocycles. The summed E-state index contributed by atoms with van der Waals surface area (Å²) in [5.41, 5.74) is 11.6. The van der Waals surface area contributed by atoms with Crippen molar-refractivity contribution in [2.75, 3.05) is 11.1 Å². The van der Waals surface area contributed by atoms with Gasteiger partial charge in [-0.3, -0.25) is 9.89 Å². The Balaban J connectivity index is 1.45. The standard InChI is InChI=1S/C29H27N7O2/c30-29-28-26(19-10-12-23(13-11-19)38-22-8-2-1-3-9-22)24(14-15-25(37)35-21-16-32-33-17-21)27(20-6-4-5-7-20)36(28)34-18-31-29/h1-3,8-18,20H,4-7H2,(H,32,33)(H,35,37)(H2,30,31,34)/b15-14+. The Morgan fingerprint density at radius 1 is 1.08 bits per heavy atom. The molecule has 5 aromatic rings. The second kappa shape index (κ2) is 10.2. The van der Waals surface area contributed by atoms with Gasteiger partial charge in [0.25, 0.3) is 0 Å². The third-order valence-electron chi connectivity index (χ3n) is 6.86. The summed E-state index contributed by atoms with van der Waals surface area (Å²) in [4.78, 5) is 17.0. The number of benzene rings is 2. The van der Waals surface area contributed by atoms with E-state index in [9.17, 15) is 4.79 Å². The highest BCUT2D eigenvalue weighted by Gasteiger charge is 2.28. The first-order valence-corrected chi connectivity index (χ1v) is 12.6. The van der Waals surface area contributed by atoms with E-state index in [0.717, 1.165) is 65.1 Å². The van der Waals surface area contributed by atoms with Crippen LogP contribution < -0.4 is 15.8 Å². The quantitative estimate of drug-likeness (QED) is 0.240.